The molecule has 0 fully saturated rings. The molecule has 168 valence electrons. The molecule has 0 aliphatic carbocycles. The Bertz CT molecular complexity index is 1280. The number of hydrogen-bond donors (Lipinski definition) is 1. The molecule has 4 rings (SSSR count). The Morgan fingerprint density at radius 1 is 1.03 bits per heavy atom. The number of hydrogen-bond acceptors (Lipinski definition) is 5. The molecule has 0 aliphatic heterocycles. The van der Waals surface area contributed by atoms with E-state index < -0.39 is 0 Å². The van der Waals surface area contributed by atoms with Gasteiger partial charge in [-0.3, -0.25) is 4.79 Å². The molecule has 0 saturated carbocycles. The number of nitrogens with zero attached hydrogens (tertiary/aromatic N) is 1. The molecule has 5 nitrogen and oxygen atoms in total. The van der Waals surface area contributed by atoms with E-state index >= 15 is 0 Å². The normalized spacial score (nSPS) is 10.6. The zero-order valence-electron chi connectivity index (χ0n) is 17.7. The van der Waals surface area contributed by atoms with Crippen molar-refractivity contribution < 1.29 is 23.0 Å². The van der Waals surface area contributed by atoms with Crippen LogP contribution in [0.2, 0.25) is 0 Å². The average Bonchev–Trinajstić information content (AvgIpc) is 3.32. The smallest absolute Gasteiger partial charge is 0.271 e. The fourth-order valence-corrected chi connectivity index (χ4v) is 3.92. The molecule has 8 heteroatoms. The topological polar surface area (TPSA) is 60.5 Å². The van der Waals surface area contributed by atoms with Crippen LogP contribution < -0.4 is 14.8 Å². The number of amides is 1. The quantitative estimate of drug-likeness (QED) is 0.367. The van der Waals surface area contributed by atoms with Crippen LogP contribution in [0.15, 0.2) is 72.1 Å². The molecule has 3 aromatic carbocycles. The number of carbonyl (C=O) groups is 1. The van der Waals surface area contributed by atoms with Gasteiger partial charge in [0, 0.05) is 23.1 Å². The molecule has 0 unspecified atom stereocenters. The molecule has 1 aromatic heterocycles. The largest absolute Gasteiger partial charge is 0.493 e. The summed E-state index contributed by atoms with van der Waals surface area (Å²) < 4.78 is 38.3. The number of carbonyl (C=O) groups excluding carboxylic acids is 1. The number of ether oxygens (including phenoxy) is 2. The van der Waals surface area contributed by atoms with Gasteiger partial charge in [-0.25, -0.2) is 13.8 Å². The van der Waals surface area contributed by atoms with Crippen molar-refractivity contribution in [3.63, 3.8) is 0 Å². The van der Waals surface area contributed by atoms with Crippen molar-refractivity contribution in [3.05, 3.63) is 101 Å². The number of halogens is 2. The van der Waals surface area contributed by atoms with Gasteiger partial charge in [0.25, 0.3) is 5.91 Å². The number of thiazole rings is 1. The summed E-state index contributed by atoms with van der Waals surface area (Å²) in [4.78, 5) is 16.8. The summed E-state index contributed by atoms with van der Waals surface area (Å²) in [5, 5.41) is 5.03. The van der Waals surface area contributed by atoms with Crippen LogP contribution in [-0.2, 0) is 13.2 Å². The molecule has 1 heterocycles. The zero-order chi connectivity index (χ0) is 23.2. The Morgan fingerprint density at radius 2 is 1.88 bits per heavy atom. The molecule has 0 atom stereocenters. The van der Waals surface area contributed by atoms with Crippen molar-refractivity contribution in [1.82, 2.24) is 10.3 Å². The maximum atomic E-state index is 13.8. The molecular formula is C25H20F2N2O3S. The molecular weight excluding hydrogens is 446 g/mol. The second kappa shape index (κ2) is 10.2. The zero-order valence-corrected chi connectivity index (χ0v) is 18.5. The van der Waals surface area contributed by atoms with Gasteiger partial charge in [0.05, 0.1) is 7.11 Å². The van der Waals surface area contributed by atoms with Crippen molar-refractivity contribution in [2.45, 2.75) is 13.2 Å². The van der Waals surface area contributed by atoms with Crippen molar-refractivity contribution in [2.24, 2.45) is 0 Å². The highest BCUT2D eigenvalue weighted by Gasteiger charge is 2.14. The highest BCUT2D eigenvalue weighted by molar-refractivity contribution is 7.13. The molecule has 1 amide bonds. The lowest BCUT2D eigenvalue weighted by atomic mass is 10.2. The Morgan fingerprint density at radius 3 is 2.67 bits per heavy atom. The van der Waals surface area contributed by atoms with E-state index in [0.717, 1.165) is 5.56 Å². The van der Waals surface area contributed by atoms with Crippen molar-refractivity contribution in [1.29, 1.82) is 0 Å². The standard InChI is InChI=1S/C25H20F2N2O3S/c1-31-23-12-17(9-10-22(23)32-14-18-6-2-3-8-20(18)27)25-29-21(15-33-25)24(30)28-13-16-5-4-7-19(26)11-16/h2-12,15H,13-14H2,1H3,(H,28,30). The van der Waals surface area contributed by atoms with E-state index in [1.165, 1.54) is 36.6 Å². The minimum absolute atomic E-state index is 0.0647. The number of benzene rings is 3. The Labute approximate surface area is 193 Å². The third-order valence-electron chi connectivity index (χ3n) is 4.83. The molecule has 1 N–H and O–H groups in total. The molecule has 0 aliphatic rings. The van der Waals surface area contributed by atoms with Crippen LogP contribution in [0.3, 0.4) is 0 Å². The SMILES string of the molecule is COc1cc(-c2nc(C(=O)NCc3cccc(F)c3)cs2)ccc1OCc1ccccc1F. The van der Waals surface area contributed by atoms with Crippen LogP contribution in [0.4, 0.5) is 8.78 Å². The fourth-order valence-electron chi connectivity index (χ4n) is 3.12. The summed E-state index contributed by atoms with van der Waals surface area (Å²) >= 11 is 1.31. The Hall–Kier alpha value is -3.78. The van der Waals surface area contributed by atoms with Crippen LogP contribution in [0, 0.1) is 11.6 Å². The summed E-state index contributed by atoms with van der Waals surface area (Å²) in [5.41, 5.74) is 2.12. The first kappa shape index (κ1) is 22.4. The average molecular weight is 467 g/mol. The van der Waals surface area contributed by atoms with E-state index in [-0.39, 0.29) is 36.4 Å². The van der Waals surface area contributed by atoms with Gasteiger partial charge in [-0.15, -0.1) is 11.3 Å². The second-order valence-electron chi connectivity index (χ2n) is 7.10. The van der Waals surface area contributed by atoms with E-state index in [2.05, 4.69) is 10.3 Å². The Balaban J connectivity index is 1.43. The van der Waals surface area contributed by atoms with Gasteiger partial charge in [0.2, 0.25) is 0 Å². The highest BCUT2D eigenvalue weighted by Crippen LogP contribution is 2.34. The molecule has 0 spiro atoms. The van der Waals surface area contributed by atoms with E-state index in [0.29, 0.717) is 27.6 Å². The van der Waals surface area contributed by atoms with Gasteiger partial charge in [0.15, 0.2) is 11.5 Å². The number of aromatic nitrogens is 1. The van der Waals surface area contributed by atoms with Crippen molar-refractivity contribution >= 4 is 17.2 Å². The van der Waals surface area contributed by atoms with Crippen LogP contribution in [-0.4, -0.2) is 18.0 Å². The van der Waals surface area contributed by atoms with Crippen LogP contribution in [0.1, 0.15) is 21.6 Å². The summed E-state index contributed by atoms with van der Waals surface area (Å²) in [6, 6.07) is 17.7. The van der Waals surface area contributed by atoms with Crippen LogP contribution >= 0.6 is 11.3 Å². The summed E-state index contributed by atoms with van der Waals surface area (Å²) in [6.45, 7) is 0.264. The molecule has 0 saturated heterocycles. The van der Waals surface area contributed by atoms with Crippen LogP contribution in [0.25, 0.3) is 10.6 Å². The summed E-state index contributed by atoms with van der Waals surface area (Å²) in [7, 11) is 1.52. The first-order valence-electron chi connectivity index (χ1n) is 10.1. The number of methoxy groups -OCH3 is 1. The summed E-state index contributed by atoms with van der Waals surface area (Å²) in [5.74, 6) is -0.101. The molecule has 33 heavy (non-hydrogen) atoms. The van der Waals surface area contributed by atoms with Gasteiger partial charge in [-0.1, -0.05) is 30.3 Å². The predicted molar refractivity (Wildman–Crippen MR) is 122 cm³/mol. The van der Waals surface area contributed by atoms with Crippen LogP contribution in [0.5, 0.6) is 11.5 Å². The lowest BCUT2D eigenvalue weighted by Gasteiger charge is -2.12. The van der Waals surface area contributed by atoms with Crippen molar-refractivity contribution in [3.8, 4) is 22.1 Å². The van der Waals surface area contributed by atoms with Gasteiger partial charge >= 0.3 is 0 Å². The van der Waals surface area contributed by atoms with Gasteiger partial charge < -0.3 is 14.8 Å². The van der Waals surface area contributed by atoms with E-state index in [9.17, 15) is 13.6 Å². The fraction of sp³-hybridized carbons (Fsp3) is 0.120. The maximum Gasteiger partial charge on any atom is 0.271 e. The Kier molecular flexibility index (Phi) is 6.95. The number of nitrogens with one attached hydrogen (secondary N) is 1. The van der Waals surface area contributed by atoms with Gasteiger partial charge in [-0.2, -0.15) is 0 Å². The first-order valence-corrected chi connectivity index (χ1v) is 10.9. The summed E-state index contributed by atoms with van der Waals surface area (Å²) in [6.07, 6.45) is 0. The maximum absolute atomic E-state index is 13.8. The minimum Gasteiger partial charge on any atom is -0.493 e. The third-order valence-corrected chi connectivity index (χ3v) is 5.72. The van der Waals surface area contributed by atoms with E-state index in [1.54, 1.807) is 53.9 Å². The highest BCUT2D eigenvalue weighted by atomic mass is 32.1. The molecule has 0 bridgehead atoms. The molecule has 4 aromatic rings. The predicted octanol–water partition coefficient (Wildman–Crippen LogP) is 5.61. The van der Waals surface area contributed by atoms with Crippen molar-refractivity contribution in [2.75, 3.05) is 7.11 Å². The number of rotatable bonds is 8. The second-order valence-corrected chi connectivity index (χ2v) is 7.95. The van der Waals surface area contributed by atoms with Gasteiger partial charge in [0.1, 0.15) is 28.9 Å². The van der Waals surface area contributed by atoms with E-state index in [4.69, 9.17) is 9.47 Å². The lowest BCUT2D eigenvalue weighted by Crippen LogP contribution is -2.23. The van der Waals surface area contributed by atoms with Gasteiger partial charge in [-0.05, 0) is 42.0 Å². The lowest BCUT2D eigenvalue weighted by molar-refractivity contribution is 0.0946. The third kappa shape index (κ3) is 5.53. The molecule has 0 radical (unpaired) electrons. The minimum atomic E-state index is -0.354. The first-order chi connectivity index (χ1) is 16.0. The monoisotopic (exact) mass is 466 g/mol. The van der Waals surface area contributed by atoms with E-state index in [1.807, 2.05) is 0 Å².